The van der Waals surface area contributed by atoms with Gasteiger partial charge < -0.3 is 5.32 Å². The van der Waals surface area contributed by atoms with Gasteiger partial charge in [-0.25, -0.2) is 0 Å². The number of fused-ring (bicyclic) bond motifs is 1. The van der Waals surface area contributed by atoms with Crippen molar-refractivity contribution < 1.29 is 0 Å². The highest BCUT2D eigenvalue weighted by atomic mass is 14.9. The van der Waals surface area contributed by atoms with E-state index in [9.17, 15) is 0 Å². The summed E-state index contributed by atoms with van der Waals surface area (Å²) >= 11 is 0. The first-order chi connectivity index (χ1) is 6.93. The molecule has 0 fully saturated rings. The molecule has 0 aromatic heterocycles. The van der Waals surface area contributed by atoms with Gasteiger partial charge in [-0.1, -0.05) is 18.2 Å². The average molecular weight is 185 g/mol. The van der Waals surface area contributed by atoms with Crippen LogP contribution in [0.25, 0.3) is 0 Å². The Hall–Kier alpha value is -1.24. The molecule has 0 aromatic carbocycles. The number of hydrogen-bond acceptors (Lipinski definition) is 1. The first-order valence-electron chi connectivity index (χ1n) is 5.47. The number of allylic oxidation sites excluding steroid dienone is 7. The molecular formula is C13H15N. The zero-order valence-corrected chi connectivity index (χ0v) is 8.34. The summed E-state index contributed by atoms with van der Waals surface area (Å²) in [6.07, 6.45) is 14.1. The number of rotatable bonds is 0. The van der Waals surface area contributed by atoms with Crippen LogP contribution in [0.3, 0.4) is 0 Å². The summed E-state index contributed by atoms with van der Waals surface area (Å²) in [6.45, 7) is 1.14. The highest BCUT2D eigenvalue weighted by molar-refractivity contribution is 5.53. The van der Waals surface area contributed by atoms with Crippen molar-refractivity contribution in [1.29, 1.82) is 0 Å². The molecule has 1 N–H and O–H groups in total. The van der Waals surface area contributed by atoms with Crippen LogP contribution >= 0.6 is 0 Å². The summed E-state index contributed by atoms with van der Waals surface area (Å²) in [5, 5.41) is 3.50. The van der Waals surface area contributed by atoms with Gasteiger partial charge in [0.2, 0.25) is 0 Å². The Morgan fingerprint density at radius 3 is 3.29 bits per heavy atom. The summed E-state index contributed by atoms with van der Waals surface area (Å²) in [6, 6.07) is 0. The first kappa shape index (κ1) is 8.10. The van der Waals surface area contributed by atoms with Gasteiger partial charge in [-0.05, 0) is 48.5 Å². The Kier molecular flexibility index (Phi) is 1.83. The highest BCUT2D eigenvalue weighted by Gasteiger charge is 2.19. The summed E-state index contributed by atoms with van der Waals surface area (Å²) < 4.78 is 0. The predicted molar refractivity (Wildman–Crippen MR) is 58.8 cm³/mol. The van der Waals surface area contributed by atoms with Crippen molar-refractivity contribution in [2.75, 3.05) is 6.54 Å². The maximum atomic E-state index is 3.50. The molecule has 0 atom stereocenters. The van der Waals surface area contributed by atoms with Gasteiger partial charge in [0.15, 0.2) is 0 Å². The summed E-state index contributed by atoms with van der Waals surface area (Å²) in [5.41, 5.74) is 5.97. The molecule has 14 heavy (non-hydrogen) atoms. The van der Waals surface area contributed by atoms with E-state index in [2.05, 4.69) is 29.6 Å². The second kappa shape index (κ2) is 3.16. The van der Waals surface area contributed by atoms with E-state index in [1.807, 2.05) is 0 Å². The van der Waals surface area contributed by atoms with E-state index in [-0.39, 0.29) is 0 Å². The van der Waals surface area contributed by atoms with Crippen molar-refractivity contribution in [2.45, 2.75) is 25.7 Å². The molecule has 0 saturated carbocycles. The first-order valence-corrected chi connectivity index (χ1v) is 5.47. The van der Waals surface area contributed by atoms with E-state index in [4.69, 9.17) is 0 Å². The Bertz CT molecular complexity index is 380. The third-order valence-corrected chi connectivity index (χ3v) is 3.22. The lowest BCUT2D eigenvalue weighted by Gasteiger charge is -2.27. The van der Waals surface area contributed by atoms with Crippen molar-refractivity contribution in [3.63, 3.8) is 0 Å². The monoisotopic (exact) mass is 185 g/mol. The van der Waals surface area contributed by atoms with E-state index in [1.165, 1.54) is 36.1 Å². The Balaban J connectivity index is 2.01. The molecule has 72 valence electrons. The van der Waals surface area contributed by atoms with Gasteiger partial charge in [0.05, 0.1) is 0 Å². The molecule has 0 saturated heterocycles. The van der Waals surface area contributed by atoms with Crippen LogP contribution in [0.5, 0.6) is 0 Å². The molecule has 0 amide bonds. The Morgan fingerprint density at radius 2 is 2.29 bits per heavy atom. The van der Waals surface area contributed by atoms with Crippen LogP contribution in [-0.2, 0) is 0 Å². The molecular weight excluding hydrogens is 170 g/mol. The SMILES string of the molecule is C1=CC2=CC3=C(CCCN3)CC2=CC1. The molecule has 0 bridgehead atoms. The Morgan fingerprint density at radius 1 is 1.29 bits per heavy atom. The fourth-order valence-electron chi connectivity index (χ4n) is 2.45. The second-order valence-corrected chi connectivity index (χ2v) is 4.19. The zero-order valence-electron chi connectivity index (χ0n) is 8.34. The smallest absolute Gasteiger partial charge is 0.0341 e. The highest BCUT2D eigenvalue weighted by Crippen LogP contribution is 2.34. The molecule has 0 radical (unpaired) electrons. The molecule has 0 aromatic rings. The molecule has 1 heteroatoms. The standard InChI is InChI=1S/C13H15N/c1-2-5-11-9-13-12(6-3-7-14-13)8-10(11)4-1/h2,4-5,9,14H,1,3,6-8H2. The second-order valence-electron chi connectivity index (χ2n) is 4.19. The van der Waals surface area contributed by atoms with Gasteiger partial charge in [-0.3, -0.25) is 0 Å². The van der Waals surface area contributed by atoms with Crippen LogP contribution in [-0.4, -0.2) is 6.54 Å². The van der Waals surface area contributed by atoms with Crippen molar-refractivity contribution in [1.82, 2.24) is 5.32 Å². The minimum atomic E-state index is 1.11. The van der Waals surface area contributed by atoms with Crippen molar-refractivity contribution >= 4 is 0 Å². The van der Waals surface area contributed by atoms with Crippen LogP contribution in [0, 0.1) is 0 Å². The van der Waals surface area contributed by atoms with Gasteiger partial charge in [-0.15, -0.1) is 0 Å². The van der Waals surface area contributed by atoms with Crippen LogP contribution in [0.2, 0.25) is 0 Å². The summed E-state index contributed by atoms with van der Waals surface area (Å²) in [5.74, 6) is 0. The lowest BCUT2D eigenvalue weighted by Crippen LogP contribution is -2.23. The fraction of sp³-hybridized carbons (Fsp3) is 0.385. The molecule has 0 spiro atoms. The maximum absolute atomic E-state index is 3.50. The van der Waals surface area contributed by atoms with Crippen LogP contribution in [0.15, 0.2) is 46.7 Å². The Labute approximate surface area is 84.9 Å². The van der Waals surface area contributed by atoms with Crippen LogP contribution in [0.4, 0.5) is 0 Å². The summed E-state index contributed by atoms with van der Waals surface area (Å²) in [4.78, 5) is 0. The van der Waals surface area contributed by atoms with E-state index in [0.717, 1.165) is 13.0 Å². The normalized spacial score (nSPS) is 24.6. The minimum Gasteiger partial charge on any atom is -0.385 e. The number of nitrogens with one attached hydrogen (secondary N) is 1. The van der Waals surface area contributed by atoms with Crippen LogP contribution < -0.4 is 5.32 Å². The lowest BCUT2D eigenvalue weighted by atomic mass is 9.84. The van der Waals surface area contributed by atoms with Crippen molar-refractivity contribution in [3.8, 4) is 0 Å². The maximum Gasteiger partial charge on any atom is 0.0341 e. The van der Waals surface area contributed by atoms with E-state index in [0.29, 0.717) is 0 Å². The molecule has 0 unspecified atom stereocenters. The third kappa shape index (κ3) is 1.24. The van der Waals surface area contributed by atoms with Gasteiger partial charge in [0.1, 0.15) is 0 Å². The minimum absolute atomic E-state index is 1.11. The molecule has 3 rings (SSSR count). The summed E-state index contributed by atoms with van der Waals surface area (Å²) in [7, 11) is 0. The predicted octanol–water partition coefficient (Wildman–Crippen LogP) is 2.84. The molecule has 1 aliphatic heterocycles. The van der Waals surface area contributed by atoms with Gasteiger partial charge in [0.25, 0.3) is 0 Å². The third-order valence-electron chi connectivity index (χ3n) is 3.22. The number of hydrogen-bond donors (Lipinski definition) is 1. The van der Waals surface area contributed by atoms with Gasteiger partial charge in [0, 0.05) is 12.2 Å². The molecule has 1 nitrogen and oxygen atoms in total. The lowest BCUT2D eigenvalue weighted by molar-refractivity contribution is 0.656. The topological polar surface area (TPSA) is 12.0 Å². The van der Waals surface area contributed by atoms with Gasteiger partial charge in [-0.2, -0.15) is 0 Å². The largest absolute Gasteiger partial charge is 0.385 e. The molecule has 2 aliphatic carbocycles. The quantitative estimate of drug-likeness (QED) is 0.612. The molecule has 1 heterocycles. The average Bonchev–Trinajstić information content (AvgIpc) is 2.26. The fourth-order valence-corrected chi connectivity index (χ4v) is 2.45. The van der Waals surface area contributed by atoms with Crippen molar-refractivity contribution in [3.05, 3.63) is 46.7 Å². The van der Waals surface area contributed by atoms with Crippen molar-refractivity contribution in [2.24, 2.45) is 0 Å². The van der Waals surface area contributed by atoms with Gasteiger partial charge >= 0.3 is 0 Å². The van der Waals surface area contributed by atoms with Crippen LogP contribution in [0.1, 0.15) is 25.7 Å². The van der Waals surface area contributed by atoms with E-state index >= 15 is 0 Å². The van der Waals surface area contributed by atoms with E-state index in [1.54, 1.807) is 5.57 Å². The van der Waals surface area contributed by atoms with E-state index < -0.39 is 0 Å². The zero-order chi connectivity index (χ0) is 9.38. The molecule has 3 aliphatic rings.